The average molecular weight is 321 g/mol. The van der Waals surface area contributed by atoms with Gasteiger partial charge >= 0.3 is 12.0 Å². The van der Waals surface area contributed by atoms with E-state index in [0.717, 1.165) is 11.6 Å². The molecule has 0 amide bonds. The molecule has 0 unspecified atom stereocenters. The van der Waals surface area contributed by atoms with Crippen molar-refractivity contribution < 1.29 is 22.3 Å². The molecule has 1 heterocycles. The van der Waals surface area contributed by atoms with Crippen LogP contribution in [-0.4, -0.2) is 11.3 Å². The molecule has 0 atom stereocenters. The highest BCUT2D eigenvalue weighted by atomic mass is 19.4. The van der Waals surface area contributed by atoms with Gasteiger partial charge in [-0.25, -0.2) is 9.78 Å². The Morgan fingerprint density at radius 3 is 2.61 bits per heavy atom. The number of ether oxygens (including phenoxy) is 1. The number of rotatable bonds is 2. The van der Waals surface area contributed by atoms with Crippen molar-refractivity contribution in [2.75, 3.05) is 0 Å². The first-order chi connectivity index (χ1) is 10.8. The van der Waals surface area contributed by atoms with Gasteiger partial charge in [0.1, 0.15) is 5.75 Å². The smallest absolute Gasteiger partial charge is 0.405 e. The SMILES string of the molecule is Cc1ccc2nc(-c3ccccc3OC(F)(F)F)oc(=O)c2c1. The largest absolute Gasteiger partial charge is 0.573 e. The fourth-order valence-corrected chi connectivity index (χ4v) is 2.16. The monoisotopic (exact) mass is 321 g/mol. The lowest BCUT2D eigenvalue weighted by atomic mass is 10.1. The maximum absolute atomic E-state index is 12.5. The van der Waals surface area contributed by atoms with Crippen molar-refractivity contribution in [3.63, 3.8) is 0 Å². The van der Waals surface area contributed by atoms with E-state index >= 15 is 0 Å². The zero-order valence-electron chi connectivity index (χ0n) is 11.8. The number of para-hydroxylation sites is 1. The Labute approximate surface area is 128 Å². The minimum absolute atomic E-state index is 0.0515. The number of halogens is 3. The Morgan fingerprint density at radius 2 is 1.87 bits per heavy atom. The Balaban J connectivity index is 2.18. The Bertz CT molecular complexity index is 932. The van der Waals surface area contributed by atoms with Crippen LogP contribution in [0.4, 0.5) is 13.2 Å². The van der Waals surface area contributed by atoms with E-state index in [2.05, 4.69) is 9.72 Å². The van der Waals surface area contributed by atoms with Gasteiger partial charge in [-0.3, -0.25) is 0 Å². The van der Waals surface area contributed by atoms with E-state index < -0.39 is 17.7 Å². The summed E-state index contributed by atoms with van der Waals surface area (Å²) in [6.07, 6.45) is -4.86. The van der Waals surface area contributed by atoms with Crippen molar-refractivity contribution in [3.05, 3.63) is 58.4 Å². The molecule has 1 aromatic heterocycles. The maximum atomic E-state index is 12.5. The fraction of sp³-hybridized carbons (Fsp3) is 0.125. The minimum atomic E-state index is -4.86. The van der Waals surface area contributed by atoms with Crippen molar-refractivity contribution in [2.45, 2.75) is 13.3 Å². The van der Waals surface area contributed by atoms with Gasteiger partial charge in [0, 0.05) is 0 Å². The number of aryl methyl sites for hydroxylation is 1. The Hall–Kier alpha value is -2.83. The van der Waals surface area contributed by atoms with Crippen molar-refractivity contribution >= 4 is 10.9 Å². The number of alkyl halides is 3. The molecule has 0 spiro atoms. The van der Waals surface area contributed by atoms with E-state index in [-0.39, 0.29) is 16.8 Å². The quantitative estimate of drug-likeness (QED) is 0.714. The van der Waals surface area contributed by atoms with E-state index in [0.29, 0.717) is 5.52 Å². The normalized spacial score (nSPS) is 11.7. The summed E-state index contributed by atoms with van der Waals surface area (Å²) in [6, 6.07) is 10.3. The van der Waals surface area contributed by atoms with Gasteiger partial charge in [-0.1, -0.05) is 23.8 Å². The highest BCUT2D eigenvalue weighted by Crippen LogP contribution is 2.32. The van der Waals surface area contributed by atoms with E-state index in [4.69, 9.17) is 4.42 Å². The van der Waals surface area contributed by atoms with Gasteiger partial charge in [0.2, 0.25) is 5.89 Å². The standard InChI is InChI=1S/C16H10F3NO3/c1-9-6-7-12-11(8-9)15(21)22-14(20-12)10-4-2-3-5-13(10)23-16(17,18)19/h2-8H,1H3. The summed E-state index contributed by atoms with van der Waals surface area (Å²) >= 11 is 0. The van der Waals surface area contributed by atoms with Crippen LogP contribution in [0, 0.1) is 6.92 Å². The van der Waals surface area contributed by atoms with Crippen LogP contribution in [0.2, 0.25) is 0 Å². The zero-order valence-corrected chi connectivity index (χ0v) is 11.8. The number of hydrogen-bond acceptors (Lipinski definition) is 4. The number of fused-ring (bicyclic) bond motifs is 1. The highest BCUT2D eigenvalue weighted by Gasteiger charge is 2.32. The molecule has 3 rings (SSSR count). The molecule has 2 aromatic carbocycles. The highest BCUT2D eigenvalue weighted by molar-refractivity contribution is 5.79. The van der Waals surface area contributed by atoms with E-state index in [9.17, 15) is 18.0 Å². The molecule has 7 heteroatoms. The summed E-state index contributed by atoms with van der Waals surface area (Å²) in [6.45, 7) is 1.80. The van der Waals surface area contributed by atoms with Crippen LogP contribution in [0.5, 0.6) is 5.75 Å². The van der Waals surface area contributed by atoms with Gasteiger partial charge in [0.05, 0.1) is 16.5 Å². The molecule has 3 aromatic rings. The van der Waals surface area contributed by atoms with Crippen LogP contribution in [-0.2, 0) is 0 Å². The second kappa shape index (κ2) is 5.42. The van der Waals surface area contributed by atoms with E-state index in [1.807, 2.05) is 0 Å². The summed E-state index contributed by atoms with van der Waals surface area (Å²) in [7, 11) is 0. The Kier molecular flexibility index (Phi) is 3.55. The summed E-state index contributed by atoms with van der Waals surface area (Å²) < 4.78 is 46.5. The van der Waals surface area contributed by atoms with Crippen LogP contribution in [0.25, 0.3) is 22.4 Å². The second-order valence-electron chi connectivity index (χ2n) is 4.87. The molecular weight excluding hydrogens is 311 g/mol. The number of aromatic nitrogens is 1. The summed E-state index contributed by atoms with van der Waals surface area (Å²) in [4.78, 5) is 16.2. The molecule has 23 heavy (non-hydrogen) atoms. The van der Waals surface area contributed by atoms with Gasteiger partial charge in [-0.2, -0.15) is 0 Å². The van der Waals surface area contributed by atoms with Crippen LogP contribution in [0.3, 0.4) is 0 Å². The van der Waals surface area contributed by atoms with E-state index in [1.54, 1.807) is 25.1 Å². The number of hydrogen-bond donors (Lipinski definition) is 0. The molecule has 118 valence electrons. The molecule has 4 nitrogen and oxygen atoms in total. The van der Waals surface area contributed by atoms with Crippen LogP contribution in [0.15, 0.2) is 51.7 Å². The van der Waals surface area contributed by atoms with Gasteiger partial charge in [0.15, 0.2) is 0 Å². The molecule has 0 N–H and O–H groups in total. The molecular formula is C16H10F3NO3. The third kappa shape index (κ3) is 3.18. The first-order valence-corrected chi connectivity index (χ1v) is 6.60. The number of nitrogens with zero attached hydrogens (tertiary/aromatic N) is 1. The average Bonchev–Trinajstić information content (AvgIpc) is 2.47. The third-order valence-corrected chi connectivity index (χ3v) is 3.13. The van der Waals surface area contributed by atoms with Crippen molar-refractivity contribution in [3.8, 4) is 17.2 Å². The number of benzene rings is 2. The molecule has 0 saturated carbocycles. The van der Waals surface area contributed by atoms with Crippen LogP contribution in [0.1, 0.15) is 5.56 Å². The fourth-order valence-electron chi connectivity index (χ4n) is 2.16. The van der Waals surface area contributed by atoms with Gasteiger partial charge in [0.25, 0.3) is 0 Å². The lowest BCUT2D eigenvalue weighted by Gasteiger charge is -2.12. The second-order valence-corrected chi connectivity index (χ2v) is 4.87. The lowest BCUT2D eigenvalue weighted by Crippen LogP contribution is -2.17. The zero-order chi connectivity index (χ0) is 16.6. The first kappa shape index (κ1) is 15.1. The predicted molar refractivity (Wildman–Crippen MR) is 77.1 cm³/mol. The summed E-state index contributed by atoms with van der Waals surface area (Å²) in [5.74, 6) is -0.715. The van der Waals surface area contributed by atoms with Gasteiger partial charge in [-0.05, 0) is 31.2 Å². The van der Waals surface area contributed by atoms with Crippen molar-refractivity contribution in [2.24, 2.45) is 0 Å². The molecule has 0 radical (unpaired) electrons. The van der Waals surface area contributed by atoms with E-state index in [1.165, 1.54) is 18.2 Å². The van der Waals surface area contributed by atoms with Crippen molar-refractivity contribution in [1.29, 1.82) is 0 Å². The maximum Gasteiger partial charge on any atom is 0.573 e. The molecule has 0 aliphatic carbocycles. The molecule has 0 aliphatic heterocycles. The molecule has 0 saturated heterocycles. The van der Waals surface area contributed by atoms with Crippen molar-refractivity contribution in [1.82, 2.24) is 4.98 Å². The van der Waals surface area contributed by atoms with Gasteiger partial charge < -0.3 is 9.15 Å². The topological polar surface area (TPSA) is 52.3 Å². The minimum Gasteiger partial charge on any atom is -0.405 e. The Morgan fingerprint density at radius 1 is 1.13 bits per heavy atom. The lowest BCUT2D eigenvalue weighted by molar-refractivity contribution is -0.274. The van der Waals surface area contributed by atoms with Crippen LogP contribution < -0.4 is 10.4 Å². The first-order valence-electron chi connectivity index (χ1n) is 6.60. The summed E-state index contributed by atoms with van der Waals surface area (Å²) in [5, 5.41) is 0.267. The summed E-state index contributed by atoms with van der Waals surface area (Å²) in [5.41, 5.74) is 0.462. The molecule has 0 bridgehead atoms. The van der Waals surface area contributed by atoms with Gasteiger partial charge in [-0.15, -0.1) is 13.2 Å². The van der Waals surface area contributed by atoms with Crippen LogP contribution >= 0.6 is 0 Å². The predicted octanol–water partition coefficient (Wildman–Crippen LogP) is 4.06. The third-order valence-electron chi connectivity index (χ3n) is 3.13. The molecule has 0 aliphatic rings. The molecule has 0 fully saturated rings.